The van der Waals surface area contributed by atoms with E-state index in [9.17, 15) is 13.6 Å². The van der Waals surface area contributed by atoms with E-state index in [0.29, 0.717) is 10.5 Å². The standard InChI is InChI=1S/C10H10F2O2S/c1-14-10(13)7-2-4-8(5-3-7)15-6-9(11)12/h2-5,9H,6H2,1H3. The summed E-state index contributed by atoms with van der Waals surface area (Å²) in [7, 11) is 1.29. The molecule has 0 radical (unpaired) electrons. The SMILES string of the molecule is COC(=O)c1ccc(SCC(F)F)cc1. The van der Waals surface area contributed by atoms with Crippen LogP contribution in [0.5, 0.6) is 0 Å². The van der Waals surface area contributed by atoms with Crippen molar-refractivity contribution >= 4 is 17.7 Å². The van der Waals surface area contributed by atoms with Crippen LogP contribution in [0.4, 0.5) is 8.78 Å². The first kappa shape index (κ1) is 12.0. The van der Waals surface area contributed by atoms with Crippen LogP contribution >= 0.6 is 11.8 Å². The van der Waals surface area contributed by atoms with Crippen molar-refractivity contribution in [2.45, 2.75) is 11.3 Å². The van der Waals surface area contributed by atoms with Gasteiger partial charge >= 0.3 is 5.97 Å². The molecule has 1 aromatic rings. The van der Waals surface area contributed by atoms with Crippen LogP contribution in [-0.4, -0.2) is 25.3 Å². The monoisotopic (exact) mass is 232 g/mol. The van der Waals surface area contributed by atoms with Crippen molar-refractivity contribution < 1.29 is 18.3 Å². The second-order valence-electron chi connectivity index (χ2n) is 2.72. The van der Waals surface area contributed by atoms with Gasteiger partial charge in [0.1, 0.15) is 0 Å². The van der Waals surface area contributed by atoms with Crippen molar-refractivity contribution in [1.29, 1.82) is 0 Å². The lowest BCUT2D eigenvalue weighted by Gasteiger charge is -2.02. The molecule has 5 heteroatoms. The normalized spacial score (nSPS) is 10.4. The second kappa shape index (κ2) is 5.70. The highest BCUT2D eigenvalue weighted by atomic mass is 32.2. The predicted octanol–water partition coefficient (Wildman–Crippen LogP) is 2.83. The van der Waals surface area contributed by atoms with Crippen LogP contribution in [0.3, 0.4) is 0 Å². The van der Waals surface area contributed by atoms with Crippen LogP contribution in [-0.2, 0) is 4.74 Å². The lowest BCUT2D eigenvalue weighted by molar-refractivity contribution is 0.0600. The zero-order valence-electron chi connectivity index (χ0n) is 8.07. The average Bonchev–Trinajstić information content (AvgIpc) is 2.26. The fourth-order valence-electron chi connectivity index (χ4n) is 0.964. The molecule has 82 valence electrons. The molecule has 0 atom stereocenters. The molecule has 0 bridgehead atoms. The molecule has 0 amide bonds. The third kappa shape index (κ3) is 3.87. The minimum absolute atomic E-state index is 0.239. The molecule has 2 nitrogen and oxygen atoms in total. The van der Waals surface area contributed by atoms with Gasteiger partial charge in [0.15, 0.2) is 0 Å². The van der Waals surface area contributed by atoms with Crippen molar-refractivity contribution in [3.8, 4) is 0 Å². The van der Waals surface area contributed by atoms with E-state index >= 15 is 0 Å². The number of esters is 1. The Bertz CT molecular complexity index is 325. The van der Waals surface area contributed by atoms with Gasteiger partial charge in [0.05, 0.1) is 18.4 Å². The van der Waals surface area contributed by atoms with Crippen molar-refractivity contribution in [2.24, 2.45) is 0 Å². The van der Waals surface area contributed by atoms with Crippen LogP contribution in [0.1, 0.15) is 10.4 Å². The lowest BCUT2D eigenvalue weighted by atomic mass is 10.2. The van der Waals surface area contributed by atoms with E-state index in [2.05, 4.69) is 4.74 Å². The van der Waals surface area contributed by atoms with E-state index in [1.54, 1.807) is 24.3 Å². The van der Waals surface area contributed by atoms with E-state index in [1.807, 2.05) is 0 Å². The number of methoxy groups -OCH3 is 1. The van der Waals surface area contributed by atoms with Gasteiger partial charge in [-0.3, -0.25) is 0 Å². The van der Waals surface area contributed by atoms with Crippen LogP contribution in [0.15, 0.2) is 29.2 Å². The molecule has 1 aromatic carbocycles. The fraction of sp³-hybridized carbons (Fsp3) is 0.300. The third-order valence-electron chi connectivity index (χ3n) is 1.65. The van der Waals surface area contributed by atoms with Crippen molar-refractivity contribution in [2.75, 3.05) is 12.9 Å². The Kier molecular flexibility index (Phi) is 4.55. The van der Waals surface area contributed by atoms with Crippen molar-refractivity contribution in [3.05, 3.63) is 29.8 Å². The van der Waals surface area contributed by atoms with E-state index in [1.165, 1.54) is 7.11 Å². The lowest BCUT2D eigenvalue weighted by Crippen LogP contribution is -2.00. The molecule has 0 saturated heterocycles. The Morgan fingerprint density at radius 3 is 2.47 bits per heavy atom. The summed E-state index contributed by atoms with van der Waals surface area (Å²) in [5, 5.41) is 0. The number of hydrogen-bond donors (Lipinski definition) is 0. The smallest absolute Gasteiger partial charge is 0.337 e. The van der Waals surface area contributed by atoms with E-state index in [-0.39, 0.29) is 5.75 Å². The van der Waals surface area contributed by atoms with E-state index in [4.69, 9.17) is 0 Å². The van der Waals surface area contributed by atoms with E-state index in [0.717, 1.165) is 11.8 Å². The first-order chi connectivity index (χ1) is 7.13. The molecule has 0 N–H and O–H groups in total. The number of halogens is 2. The molecule has 0 spiro atoms. The molecular formula is C10H10F2O2S. The maximum Gasteiger partial charge on any atom is 0.337 e. The van der Waals surface area contributed by atoms with E-state index < -0.39 is 12.4 Å². The summed E-state index contributed by atoms with van der Waals surface area (Å²) in [5.74, 6) is -0.669. The van der Waals surface area contributed by atoms with Gasteiger partial charge < -0.3 is 4.74 Å². The summed E-state index contributed by atoms with van der Waals surface area (Å²) in [6.45, 7) is 0. The number of carbonyl (C=O) groups is 1. The summed E-state index contributed by atoms with van der Waals surface area (Å²) in [6.07, 6.45) is -2.32. The number of hydrogen-bond acceptors (Lipinski definition) is 3. The van der Waals surface area contributed by atoms with Crippen LogP contribution in [0.2, 0.25) is 0 Å². The molecular weight excluding hydrogens is 222 g/mol. The molecule has 0 saturated carbocycles. The van der Waals surface area contributed by atoms with Gasteiger partial charge in [-0.1, -0.05) is 0 Å². The number of ether oxygens (including phenoxy) is 1. The molecule has 1 rings (SSSR count). The highest BCUT2D eigenvalue weighted by molar-refractivity contribution is 7.99. The molecule has 0 aliphatic carbocycles. The fourth-order valence-corrected chi connectivity index (χ4v) is 1.61. The number of thioether (sulfide) groups is 1. The number of benzene rings is 1. The predicted molar refractivity (Wildman–Crippen MR) is 54.5 cm³/mol. The third-order valence-corrected chi connectivity index (χ3v) is 2.68. The molecule has 0 heterocycles. The minimum Gasteiger partial charge on any atom is -0.465 e. The highest BCUT2D eigenvalue weighted by Crippen LogP contribution is 2.20. The Morgan fingerprint density at radius 2 is 2.00 bits per heavy atom. The summed E-state index contributed by atoms with van der Waals surface area (Å²) in [5.41, 5.74) is 0.416. The van der Waals surface area contributed by atoms with Gasteiger partial charge in [0.25, 0.3) is 0 Å². The molecule has 0 aliphatic rings. The summed E-state index contributed by atoms with van der Waals surface area (Å²) < 4.78 is 28.3. The first-order valence-corrected chi connectivity index (χ1v) is 5.21. The van der Waals surface area contributed by atoms with Crippen LogP contribution in [0.25, 0.3) is 0 Å². The second-order valence-corrected chi connectivity index (χ2v) is 3.81. The number of carbonyl (C=O) groups excluding carboxylic acids is 1. The van der Waals surface area contributed by atoms with Crippen molar-refractivity contribution in [1.82, 2.24) is 0 Å². The Balaban J connectivity index is 2.60. The molecule has 0 aliphatic heterocycles. The van der Waals surface area contributed by atoms with Gasteiger partial charge in [0, 0.05) is 4.90 Å². The van der Waals surface area contributed by atoms with Crippen molar-refractivity contribution in [3.63, 3.8) is 0 Å². The highest BCUT2D eigenvalue weighted by Gasteiger charge is 2.06. The zero-order chi connectivity index (χ0) is 11.3. The Morgan fingerprint density at radius 1 is 1.40 bits per heavy atom. The molecule has 0 aromatic heterocycles. The maximum atomic E-state index is 11.9. The summed E-state index contributed by atoms with van der Waals surface area (Å²) >= 11 is 1.05. The molecule has 0 unspecified atom stereocenters. The summed E-state index contributed by atoms with van der Waals surface area (Å²) in [6, 6.07) is 6.36. The minimum atomic E-state index is -2.32. The summed E-state index contributed by atoms with van der Waals surface area (Å²) in [4.78, 5) is 11.8. The Hall–Kier alpha value is -1.10. The van der Waals surface area contributed by atoms with Crippen LogP contribution < -0.4 is 0 Å². The largest absolute Gasteiger partial charge is 0.465 e. The number of rotatable bonds is 4. The van der Waals surface area contributed by atoms with Gasteiger partial charge in [-0.15, -0.1) is 11.8 Å². The topological polar surface area (TPSA) is 26.3 Å². The van der Waals surface area contributed by atoms with Gasteiger partial charge in [-0.2, -0.15) is 0 Å². The van der Waals surface area contributed by atoms with Gasteiger partial charge in [-0.25, -0.2) is 13.6 Å². The average molecular weight is 232 g/mol. The quantitative estimate of drug-likeness (QED) is 0.590. The molecule has 15 heavy (non-hydrogen) atoms. The number of alkyl halides is 2. The first-order valence-electron chi connectivity index (χ1n) is 4.23. The maximum absolute atomic E-state index is 11.9. The zero-order valence-corrected chi connectivity index (χ0v) is 8.89. The Labute approximate surface area is 90.6 Å². The van der Waals surface area contributed by atoms with Gasteiger partial charge in [0.2, 0.25) is 6.43 Å². The van der Waals surface area contributed by atoms with Gasteiger partial charge in [-0.05, 0) is 24.3 Å². The molecule has 0 fully saturated rings. The van der Waals surface area contributed by atoms with Crippen LogP contribution in [0, 0.1) is 0 Å².